The Kier molecular flexibility index (Phi) is 4.38. The van der Waals surface area contributed by atoms with E-state index < -0.39 is 0 Å². The lowest BCUT2D eigenvalue weighted by Gasteiger charge is -2.12. The van der Waals surface area contributed by atoms with Gasteiger partial charge in [-0.1, -0.05) is 0 Å². The molecule has 0 spiro atoms. The number of rotatable bonds is 6. The van der Waals surface area contributed by atoms with Crippen molar-refractivity contribution in [1.29, 1.82) is 0 Å². The Morgan fingerprint density at radius 1 is 1.33 bits per heavy atom. The fourth-order valence-corrected chi connectivity index (χ4v) is 1.76. The number of nitrogens with zero attached hydrogens (tertiary/aromatic N) is 4. The molecule has 0 saturated carbocycles. The van der Waals surface area contributed by atoms with Crippen molar-refractivity contribution in [2.75, 3.05) is 13.7 Å². The largest absolute Gasteiger partial charge is 0.385 e. The molecule has 6 heteroatoms. The molecule has 0 saturated heterocycles. The summed E-state index contributed by atoms with van der Waals surface area (Å²) >= 11 is 0. The van der Waals surface area contributed by atoms with Crippen molar-refractivity contribution in [3.05, 3.63) is 42.2 Å². The van der Waals surface area contributed by atoms with Crippen LogP contribution in [-0.2, 0) is 11.3 Å². The fraction of sp³-hybridized carbons (Fsp3) is 0.417. The average molecular weight is 247 g/mol. The van der Waals surface area contributed by atoms with E-state index in [9.17, 15) is 0 Å². The Balaban J connectivity index is 2.11. The van der Waals surface area contributed by atoms with Crippen molar-refractivity contribution in [1.82, 2.24) is 19.7 Å². The molecule has 0 radical (unpaired) electrons. The zero-order chi connectivity index (χ0) is 12.8. The summed E-state index contributed by atoms with van der Waals surface area (Å²) in [5, 5.41) is 4.26. The van der Waals surface area contributed by atoms with Crippen molar-refractivity contribution < 1.29 is 4.74 Å². The molecule has 2 aromatic heterocycles. The summed E-state index contributed by atoms with van der Waals surface area (Å²) in [6.45, 7) is 1.48. The third kappa shape index (κ3) is 2.91. The normalized spacial score (nSPS) is 12.6. The second-order valence-electron chi connectivity index (χ2n) is 3.91. The van der Waals surface area contributed by atoms with Crippen LogP contribution in [0.2, 0.25) is 0 Å². The first-order valence-corrected chi connectivity index (χ1v) is 5.86. The molecule has 0 fully saturated rings. The van der Waals surface area contributed by atoms with E-state index in [1.807, 2.05) is 10.7 Å². The Bertz CT molecular complexity index is 470. The number of methoxy groups -OCH3 is 1. The van der Waals surface area contributed by atoms with E-state index in [4.69, 9.17) is 10.5 Å². The number of ether oxygens (including phenoxy) is 1. The van der Waals surface area contributed by atoms with Crippen molar-refractivity contribution >= 4 is 0 Å². The summed E-state index contributed by atoms with van der Waals surface area (Å²) < 4.78 is 6.90. The molecule has 18 heavy (non-hydrogen) atoms. The molecule has 1 unspecified atom stereocenters. The summed E-state index contributed by atoms with van der Waals surface area (Å²) in [5.74, 6) is 0.603. The van der Waals surface area contributed by atoms with Gasteiger partial charge < -0.3 is 10.5 Å². The van der Waals surface area contributed by atoms with Crippen LogP contribution < -0.4 is 5.73 Å². The second-order valence-corrected chi connectivity index (χ2v) is 3.91. The van der Waals surface area contributed by atoms with Gasteiger partial charge in [-0.05, 0) is 18.6 Å². The van der Waals surface area contributed by atoms with Crippen LogP contribution in [0.4, 0.5) is 0 Å². The molecule has 0 aliphatic carbocycles. The van der Waals surface area contributed by atoms with E-state index in [0.717, 1.165) is 18.7 Å². The first-order chi connectivity index (χ1) is 8.83. The van der Waals surface area contributed by atoms with Crippen molar-refractivity contribution in [2.45, 2.75) is 19.0 Å². The number of nitrogens with two attached hydrogens (primary N) is 1. The van der Waals surface area contributed by atoms with Crippen LogP contribution in [0.25, 0.3) is 0 Å². The maximum atomic E-state index is 6.15. The molecule has 96 valence electrons. The van der Waals surface area contributed by atoms with Gasteiger partial charge in [-0.2, -0.15) is 5.10 Å². The minimum absolute atomic E-state index is 0.351. The van der Waals surface area contributed by atoms with Gasteiger partial charge in [-0.3, -0.25) is 4.68 Å². The molecule has 2 heterocycles. The number of aryl methyl sites for hydroxylation is 1. The van der Waals surface area contributed by atoms with Gasteiger partial charge in [0.15, 0.2) is 5.82 Å². The quantitative estimate of drug-likeness (QED) is 0.762. The molecule has 0 aliphatic rings. The van der Waals surface area contributed by atoms with Gasteiger partial charge in [-0.15, -0.1) is 0 Å². The number of hydrogen-bond donors (Lipinski definition) is 1. The van der Waals surface area contributed by atoms with E-state index in [0.29, 0.717) is 12.4 Å². The van der Waals surface area contributed by atoms with Crippen LogP contribution in [0.3, 0.4) is 0 Å². The maximum Gasteiger partial charge on any atom is 0.150 e. The van der Waals surface area contributed by atoms with Gasteiger partial charge in [0.2, 0.25) is 0 Å². The Labute approximate surface area is 106 Å². The lowest BCUT2D eigenvalue weighted by Crippen LogP contribution is -2.20. The molecule has 2 rings (SSSR count). The van der Waals surface area contributed by atoms with E-state index in [1.54, 1.807) is 31.8 Å². The molecular weight excluding hydrogens is 230 g/mol. The van der Waals surface area contributed by atoms with Gasteiger partial charge in [0, 0.05) is 38.9 Å². The highest BCUT2D eigenvalue weighted by Crippen LogP contribution is 2.15. The Morgan fingerprint density at radius 2 is 2.11 bits per heavy atom. The highest BCUT2D eigenvalue weighted by Gasteiger charge is 2.15. The lowest BCUT2D eigenvalue weighted by molar-refractivity contribution is 0.188. The smallest absolute Gasteiger partial charge is 0.150 e. The maximum absolute atomic E-state index is 6.15. The van der Waals surface area contributed by atoms with Gasteiger partial charge in [0.05, 0.1) is 5.69 Å². The predicted octanol–water partition coefficient (Wildman–Crippen LogP) is 0.758. The summed E-state index contributed by atoms with van der Waals surface area (Å²) in [5.41, 5.74) is 7.06. The van der Waals surface area contributed by atoms with Crippen molar-refractivity contribution in [3.63, 3.8) is 0 Å². The van der Waals surface area contributed by atoms with E-state index >= 15 is 0 Å². The Morgan fingerprint density at radius 3 is 2.83 bits per heavy atom. The van der Waals surface area contributed by atoms with Gasteiger partial charge in [0.25, 0.3) is 0 Å². The molecule has 0 amide bonds. The third-order valence-electron chi connectivity index (χ3n) is 2.65. The second kappa shape index (κ2) is 6.23. The lowest BCUT2D eigenvalue weighted by atomic mass is 10.2. The molecule has 0 aliphatic heterocycles. The minimum atomic E-state index is -0.351. The van der Waals surface area contributed by atoms with Crippen LogP contribution in [0, 0.1) is 0 Å². The highest BCUT2D eigenvalue weighted by molar-refractivity contribution is 5.15. The minimum Gasteiger partial charge on any atom is -0.385 e. The first-order valence-electron chi connectivity index (χ1n) is 5.86. The van der Waals surface area contributed by atoms with Gasteiger partial charge in [-0.25, -0.2) is 9.97 Å². The summed E-state index contributed by atoms with van der Waals surface area (Å²) in [4.78, 5) is 8.34. The zero-order valence-corrected chi connectivity index (χ0v) is 10.4. The summed E-state index contributed by atoms with van der Waals surface area (Å²) in [6, 6.07) is 3.32. The van der Waals surface area contributed by atoms with Crippen LogP contribution >= 0.6 is 0 Å². The fourth-order valence-electron chi connectivity index (χ4n) is 1.76. The monoisotopic (exact) mass is 247 g/mol. The first kappa shape index (κ1) is 12.7. The molecule has 0 aromatic carbocycles. The standard InChI is InChI=1S/C12H17N5O/c1-18-9-3-8-17-10(4-7-16-17)11(13)12-14-5-2-6-15-12/h2,4-7,11H,3,8-9,13H2,1H3. The average Bonchev–Trinajstić information content (AvgIpc) is 2.88. The summed E-state index contributed by atoms with van der Waals surface area (Å²) in [7, 11) is 1.69. The van der Waals surface area contributed by atoms with Crippen molar-refractivity contribution in [3.8, 4) is 0 Å². The van der Waals surface area contributed by atoms with Gasteiger partial charge in [0.1, 0.15) is 6.04 Å². The van der Waals surface area contributed by atoms with Crippen molar-refractivity contribution in [2.24, 2.45) is 5.73 Å². The zero-order valence-electron chi connectivity index (χ0n) is 10.4. The van der Waals surface area contributed by atoms with Crippen LogP contribution in [0.15, 0.2) is 30.7 Å². The van der Waals surface area contributed by atoms with E-state index in [1.165, 1.54) is 0 Å². The van der Waals surface area contributed by atoms with Gasteiger partial charge >= 0.3 is 0 Å². The SMILES string of the molecule is COCCCn1nccc1C(N)c1ncccn1. The number of hydrogen-bond acceptors (Lipinski definition) is 5. The highest BCUT2D eigenvalue weighted by atomic mass is 16.5. The van der Waals surface area contributed by atoms with E-state index in [2.05, 4.69) is 15.1 Å². The topological polar surface area (TPSA) is 78.9 Å². The third-order valence-corrected chi connectivity index (χ3v) is 2.65. The van der Waals surface area contributed by atoms with Crippen LogP contribution in [-0.4, -0.2) is 33.5 Å². The van der Waals surface area contributed by atoms with Crippen LogP contribution in [0.5, 0.6) is 0 Å². The Hall–Kier alpha value is -1.79. The van der Waals surface area contributed by atoms with Crippen LogP contribution in [0.1, 0.15) is 24.0 Å². The molecular formula is C12H17N5O. The molecule has 1 atom stereocenters. The molecule has 6 nitrogen and oxygen atoms in total. The summed E-state index contributed by atoms with van der Waals surface area (Å²) in [6.07, 6.45) is 6.01. The number of aromatic nitrogens is 4. The molecule has 2 aromatic rings. The molecule has 2 N–H and O–H groups in total. The van der Waals surface area contributed by atoms with E-state index in [-0.39, 0.29) is 6.04 Å². The molecule has 0 bridgehead atoms. The predicted molar refractivity (Wildman–Crippen MR) is 66.8 cm³/mol.